The first-order valence-electron chi connectivity index (χ1n) is 5.65. The van der Waals surface area contributed by atoms with Crippen molar-refractivity contribution < 1.29 is 14.7 Å². The lowest BCUT2D eigenvalue weighted by molar-refractivity contribution is -0.141. The number of hydrogen-bond donors (Lipinski definition) is 2. The lowest BCUT2D eigenvalue weighted by Crippen LogP contribution is -2.33. The summed E-state index contributed by atoms with van der Waals surface area (Å²) in [6.07, 6.45) is 1.96. The van der Waals surface area contributed by atoms with E-state index in [0.717, 1.165) is 16.9 Å². The van der Waals surface area contributed by atoms with Crippen LogP contribution in [0, 0.1) is 12.8 Å². The molecule has 1 amide bonds. The van der Waals surface area contributed by atoms with Gasteiger partial charge in [0.15, 0.2) is 0 Å². The van der Waals surface area contributed by atoms with Crippen molar-refractivity contribution >= 4 is 23.2 Å². The number of aryl methyl sites for hydroxylation is 1. The van der Waals surface area contributed by atoms with Crippen LogP contribution in [0.25, 0.3) is 0 Å². The Bertz CT molecular complexity index is 441. The molecule has 17 heavy (non-hydrogen) atoms. The van der Waals surface area contributed by atoms with Gasteiger partial charge in [0.25, 0.3) is 5.91 Å². The molecule has 0 saturated heterocycles. The molecule has 1 aliphatic carbocycles. The molecule has 1 saturated carbocycles. The lowest BCUT2D eigenvalue weighted by Gasteiger charge is -2.11. The third kappa shape index (κ3) is 2.66. The minimum Gasteiger partial charge on any atom is -0.481 e. The smallest absolute Gasteiger partial charge is 0.306 e. The van der Waals surface area contributed by atoms with Crippen LogP contribution in [0.15, 0.2) is 11.4 Å². The quantitative estimate of drug-likeness (QED) is 0.866. The van der Waals surface area contributed by atoms with Crippen molar-refractivity contribution in [1.82, 2.24) is 5.32 Å². The summed E-state index contributed by atoms with van der Waals surface area (Å²) >= 11 is 1.42. The van der Waals surface area contributed by atoms with Gasteiger partial charge in [0.05, 0.1) is 10.8 Å². The van der Waals surface area contributed by atoms with Gasteiger partial charge in [-0.1, -0.05) is 0 Å². The molecule has 1 fully saturated rings. The van der Waals surface area contributed by atoms with E-state index in [1.54, 1.807) is 0 Å². The molecule has 0 radical (unpaired) electrons. The summed E-state index contributed by atoms with van der Waals surface area (Å²) in [6, 6.07) is 1.92. The van der Waals surface area contributed by atoms with Crippen LogP contribution in [0.3, 0.4) is 0 Å². The van der Waals surface area contributed by atoms with Crippen molar-refractivity contribution in [2.75, 3.05) is 0 Å². The van der Waals surface area contributed by atoms with E-state index in [-0.39, 0.29) is 17.9 Å². The number of amides is 1. The number of carboxylic acids is 1. The van der Waals surface area contributed by atoms with Gasteiger partial charge in [-0.3, -0.25) is 9.59 Å². The van der Waals surface area contributed by atoms with E-state index in [1.807, 2.05) is 18.4 Å². The van der Waals surface area contributed by atoms with E-state index < -0.39 is 5.97 Å². The van der Waals surface area contributed by atoms with Crippen LogP contribution in [-0.4, -0.2) is 23.0 Å². The van der Waals surface area contributed by atoms with Gasteiger partial charge in [0.1, 0.15) is 0 Å². The fourth-order valence-electron chi connectivity index (χ4n) is 2.19. The predicted molar refractivity (Wildman–Crippen MR) is 65.3 cm³/mol. The molecular weight excluding hydrogens is 238 g/mol. The lowest BCUT2D eigenvalue weighted by atomic mass is 10.1. The van der Waals surface area contributed by atoms with Crippen LogP contribution < -0.4 is 5.32 Å². The van der Waals surface area contributed by atoms with Gasteiger partial charge in [-0.2, -0.15) is 0 Å². The molecule has 0 unspecified atom stereocenters. The van der Waals surface area contributed by atoms with E-state index in [4.69, 9.17) is 5.11 Å². The fraction of sp³-hybridized carbons (Fsp3) is 0.500. The zero-order valence-electron chi connectivity index (χ0n) is 9.60. The fourth-order valence-corrected chi connectivity index (χ4v) is 3.02. The van der Waals surface area contributed by atoms with Gasteiger partial charge < -0.3 is 10.4 Å². The monoisotopic (exact) mass is 253 g/mol. The Morgan fingerprint density at radius 2 is 2.24 bits per heavy atom. The van der Waals surface area contributed by atoms with Crippen LogP contribution >= 0.6 is 11.3 Å². The maximum absolute atomic E-state index is 11.9. The first-order valence-corrected chi connectivity index (χ1v) is 6.53. The van der Waals surface area contributed by atoms with Crippen molar-refractivity contribution in [1.29, 1.82) is 0 Å². The Balaban J connectivity index is 1.93. The molecule has 0 aromatic carbocycles. The molecule has 5 heteroatoms. The first-order chi connectivity index (χ1) is 8.08. The van der Waals surface area contributed by atoms with E-state index >= 15 is 0 Å². The Labute approximate surface area is 104 Å². The van der Waals surface area contributed by atoms with Crippen LogP contribution in [0.2, 0.25) is 0 Å². The number of carbonyl (C=O) groups is 2. The third-order valence-corrected chi connectivity index (χ3v) is 4.20. The average molecular weight is 253 g/mol. The van der Waals surface area contributed by atoms with E-state index in [1.165, 1.54) is 11.3 Å². The summed E-state index contributed by atoms with van der Waals surface area (Å²) in [5, 5.41) is 13.7. The van der Waals surface area contributed by atoms with Gasteiger partial charge in [0.2, 0.25) is 0 Å². The van der Waals surface area contributed by atoms with Crippen molar-refractivity contribution in [2.45, 2.75) is 32.2 Å². The van der Waals surface area contributed by atoms with Crippen molar-refractivity contribution in [3.05, 3.63) is 21.9 Å². The maximum Gasteiger partial charge on any atom is 0.306 e. The summed E-state index contributed by atoms with van der Waals surface area (Å²) in [4.78, 5) is 23.4. The molecule has 92 valence electrons. The summed E-state index contributed by atoms with van der Waals surface area (Å²) < 4.78 is 0. The number of carbonyl (C=O) groups excluding carboxylic acids is 1. The number of thiophene rings is 1. The molecule has 1 aromatic rings. The van der Waals surface area contributed by atoms with E-state index in [2.05, 4.69) is 5.32 Å². The van der Waals surface area contributed by atoms with Crippen molar-refractivity contribution in [3.63, 3.8) is 0 Å². The predicted octanol–water partition coefficient (Wildman–Crippen LogP) is 2.04. The summed E-state index contributed by atoms with van der Waals surface area (Å²) in [5.41, 5.74) is 0.972. The molecule has 2 atom stereocenters. The molecule has 4 nitrogen and oxygen atoms in total. The normalized spacial score (nSPS) is 23.6. The summed E-state index contributed by atoms with van der Waals surface area (Å²) in [6.45, 7) is 1.90. The average Bonchev–Trinajstić information content (AvgIpc) is 2.86. The molecule has 0 bridgehead atoms. The highest BCUT2D eigenvalue weighted by molar-refractivity contribution is 7.12. The van der Waals surface area contributed by atoms with E-state index in [0.29, 0.717) is 12.8 Å². The number of rotatable bonds is 3. The van der Waals surface area contributed by atoms with Gasteiger partial charge >= 0.3 is 5.97 Å². The highest BCUT2D eigenvalue weighted by Crippen LogP contribution is 2.26. The summed E-state index contributed by atoms with van der Waals surface area (Å²) in [5.74, 6) is -1.13. The Morgan fingerprint density at radius 1 is 1.47 bits per heavy atom. The van der Waals surface area contributed by atoms with Gasteiger partial charge in [-0.25, -0.2) is 0 Å². The van der Waals surface area contributed by atoms with Crippen molar-refractivity contribution in [2.24, 2.45) is 5.92 Å². The number of hydrogen-bond acceptors (Lipinski definition) is 3. The molecule has 2 rings (SSSR count). The minimum absolute atomic E-state index is 0.00472. The zero-order chi connectivity index (χ0) is 12.4. The number of aliphatic carboxylic acids is 1. The molecule has 1 heterocycles. The molecule has 2 N–H and O–H groups in total. The molecular formula is C12H15NO3S. The second-order valence-electron chi connectivity index (χ2n) is 4.45. The highest BCUT2D eigenvalue weighted by atomic mass is 32.1. The Kier molecular flexibility index (Phi) is 3.47. The molecule has 1 aliphatic rings. The maximum atomic E-state index is 11.9. The van der Waals surface area contributed by atoms with Gasteiger partial charge in [-0.05, 0) is 43.2 Å². The van der Waals surface area contributed by atoms with Crippen LogP contribution in [0.5, 0.6) is 0 Å². The van der Waals surface area contributed by atoms with Crippen LogP contribution in [-0.2, 0) is 4.79 Å². The Hall–Kier alpha value is -1.36. The highest BCUT2D eigenvalue weighted by Gasteiger charge is 2.30. The van der Waals surface area contributed by atoms with Crippen LogP contribution in [0.1, 0.15) is 34.5 Å². The second kappa shape index (κ2) is 4.87. The zero-order valence-corrected chi connectivity index (χ0v) is 10.4. The third-order valence-electron chi connectivity index (χ3n) is 3.19. The standard InChI is InChI=1S/C12H15NO3S/c1-7-4-5-17-10(7)11(14)13-9-3-2-8(6-9)12(15)16/h4-5,8-9H,2-3,6H2,1H3,(H,13,14)(H,15,16)/t8-,9-/m1/s1. The molecule has 0 spiro atoms. The largest absolute Gasteiger partial charge is 0.481 e. The SMILES string of the molecule is Cc1ccsc1C(=O)N[C@@H]1CC[C@@H](C(=O)O)C1. The first kappa shape index (κ1) is 12.1. The molecule has 1 aromatic heterocycles. The van der Waals surface area contributed by atoms with Crippen molar-refractivity contribution in [3.8, 4) is 0 Å². The minimum atomic E-state index is -0.756. The number of carboxylic acid groups (broad SMARTS) is 1. The second-order valence-corrected chi connectivity index (χ2v) is 5.37. The summed E-state index contributed by atoms with van der Waals surface area (Å²) in [7, 11) is 0. The van der Waals surface area contributed by atoms with E-state index in [9.17, 15) is 9.59 Å². The Morgan fingerprint density at radius 3 is 2.76 bits per heavy atom. The van der Waals surface area contributed by atoms with Gasteiger partial charge in [0, 0.05) is 6.04 Å². The topological polar surface area (TPSA) is 66.4 Å². The van der Waals surface area contributed by atoms with Gasteiger partial charge in [-0.15, -0.1) is 11.3 Å². The molecule has 0 aliphatic heterocycles. The number of nitrogens with one attached hydrogen (secondary N) is 1. The van der Waals surface area contributed by atoms with Crippen LogP contribution in [0.4, 0.5) is 0 Å².